The zero-order valence-corrected chi connectivity index (χ0v) is 12.3. The molecule has 0 bridgehead atoms. The zero-order chi connectivity index (χ0) is 13.9. The van der Waals surface area contributed by atoms with Crippen LogP contribution < -0.4 is 4.74 Å². The van der Waals surface area contributed by atoms with E-state index in [9.17, 15) is 4.39 Å². The predicted molar refractivity (Wildman–Crippen MR) is 80.3 cm³/mol. The number of rotatable bonds is 0. The molecule has 0 unspecified atom stereocenters. The first kappa shape index (κ1) is 13.2. The Morgan fingerprint density at radius 1 is 1.05 bits per heavy atom. The molecule has 3 heteroatoms. The van der Waals surface area contributed by atoms with E-state index in [4.69, 9.17) is 4.74 Å². The van der Waals surface area contributed by atoms with Crippen molar-refractivity contribution in [3.05, 3.63) is 63.4 Å². The monoisotopic (exact) mass is 330 g/mol. The molecule has 1 aliphatic rings. The Balaban J connectivity index is 1.88. The summed E-state index contributed by atoms with van der Waals surface area (Å²) in [6.07, 6.45) is 2.09. The highest BCUT2D eigenvalue weighted by molar-refractivity contribution is 9.10. The summed E-state index contributed by atoms with van der Waals surface area (Å²) >= 11 is 3.16. The molecule has 0 radical (unpaired) electrons. The van der Waals surface area contributed by atoms with E-state index in [2.05, 4.69) is 33.8 Å². The molecule has 0 fully saturated rings. The van der Waals surface area contributed by atoms with Crippen molar-refractivity contribution in [3.8, 4) is 17.6 Å². The first-order valence-corrected chi connectivity index (χ1v) is 7.24. The van der Waals surface area contributed by atoms with Gasteiger partial charge < -0.3 is 4.74 Å². The van der Waals surface area contributed by atoms with Crippen LogP contribution in [0.2, 0.25) is 0 Å². The van der Waals surface area contributed by atoms with Gasteiger partial charge in [-0.3, -0.25) is 0 Å². The van der Waals surface area contributed by atoms with E-state index in [0.717, 1.165) is 36.3 Å². The highest BCUT2D eigenvalue weighted by atomic mass is 79.9. The third-order valence-corrected chi connectivity index (χ3v) is 3.79. The molecular formula is C17H12BrFO. The van der Waals surface area contributed by atoms with E-state index in [0.29, 0.717) is 4.47 Å². The number of hydrogen-bond acceptors (Lipinski definition) is 1. The molecule has 0 aliphatic carbocycles. The van der Waals surface area contributed by atoms with Crippen LogP contribution in [0.4, 0.5) is 4.39 Å². The van der Waals surface area contributed by atoms with Gasteiger partial charge in [0.2, 0.25) is 0 Å². The number of ether oxygens (including phenoxy) is 1. The van der Waals surface area contributed by atoms with Crippen LogP contribution in [0, 0.1) is 17.7 Å². The van der Waals surface area contributed by atoms with Gasteiger partial charge in [0.15, 0.2) is 0 Å². The Kier molecular flexibility index (Phi) is 3.75. The average molecular weight is 331 g/mol. The molecule has 3 rings (SSSR count). The van der Waals surface area contributed by atoms with Gasteiger partial charge in [-0.2, -0.15) is 0 Å². The van der Waals surface area contributed by atoms with Gasteiger partial charge in [0.25, 0.3) is 0 Å². The predicted octanol–water partition coefficient (Wildman–Crippen LogP) is 4.31. The standard InChI is InChI=1S/C17H12BrFO/c18-15-11-13(5-7-16(15)19)4-3-12-6-8-17-14(10-12)2-1-9-20-17/h5-8,10-11H,1-2,9H2. The molecule has 0 aromatic heterocycles. The Hall–Kier alpha value is -1.79. The summed E-state index contributed by atoms with van der Waals surface area (Å²) in [5.41, 5.74) is 2.95. The van der Waals surface area contributed by atoms with Gasteiger partial charge >= 0.3 is 0 Å². The van der Waals surface area contributed by atoms with Gasteiger partial charge in [0.1, 0.15) is 11.6 Å². The third kappa shape index (κ3) is 2.86. The molecule has 1 aliphatic heterocycles. The minimum absolute atomic E-state index is 0.276. The van der Waals surface area contributed by atoms with E-state index in [-0.39, 0.29) is 5.82 Å². The van der Waals surface area contributed by atoms with Crippen molar-refractivity contribution >= 4 is 15.9 Å². The van der Waals surface area contributed by atoms with Crippen LogP contribution in [0.25, 0.3) is 0 Å². The normalized spacial score (nSPS) is 12.9. The maximum absolute atomic E-state index is 13.1. The lowest BCUT2D eigenvalue weighted by Gasteiger charge is -2.16. The number of hydrogen-bond donors (Lipinski definition) is 0. The fraction of sp³-hybridized carbons (Fsp3) is 0.176. The van der Waals surface area contributed by atoms with Crippen molar-refractivity contribution in [1.29, 1.82) is 0 Å². The highest BCUT2D eigenvalue weighted by Gasteiger charge is 2.09. The van der Waals surface area contributed by atoms with Crippen LogP contribution in [0.1, 0.15) is 23.1 Å². The molecule has 0 spiro atoms. The molecule has 0 saturated carbocycles. The molecule has 0 atom stereocenters. The van der Waals surface area contributed by atoms with Gasteiger partial charge in [0.05, 0.1) is 11.1 Å². The second kappa shape index (κ2) is 5.68. The topological polar surface area (TPSA) is 9.23 Å². The Morgan fingerprint density at radius 3 is 2.60 bits per heavy atom. The molecule has 1 heterocycles. The number of fused-ring (bicyclic) bond motifs is 1. The quantitative estimate of drug-likeness (QED) is 0.654. The fourth-order valence-corrected chi connectivity index (χ4v) is 2.54. The van der Waals surface area contributed by atoms with Crippen molar-refractivity contribution < 1.29 is 9.13 Å². The largest absolute Gasteiger partial charge is 0.493 e. The molecule has 2 aromatic carbocycles. The van der Waals surface area contributed by atoms with Crippen molar-refractivity contribution in [2.24, 2.45) is 0 Å². The molecule has 2 aromatic rings. The summed E-state index contributed by atoms with van der Waals surface area (Å²) < 4.78 is 19.1. The van der Waals surface area contributed by atoms with Gasteiger partial charge in [-0.25, -0.2) is 4.39 Å². The first-order valence-electron chi connectivity index (χ1n) is 6.45. The number of halogens is 2. The van der Waals surface area contributed by atoms with Crippen molar-refractivity contribution in [2.45, 2.75) is 12.8 Å². The summed E-state index contributed by atoms with van der Waals surface area (Å²) in [7, 11) is 0. The van der Waals surface area contributed by atoms with E-state index in [1.165, 1.54) is 11.6 Å². The lowest BCUT2D eigenvalue weighted by molar-refractivity contribution is 0.288. The average Bonchev–Trinajstić information content (AvgIpc) is 2.48. The van der Waals surface area contributed by atoms with Gasteiger partial charge in [-0.1, -0.05) is 11.8 Å². The molecule has 20 heavy (non-hydrogen) atoms. The van der Waals surface area contributed by atoms with Crippen LogP contribution >= 0.6 is 15.9 Å². The lowest BCUT2D eigenvalue weighted by atomic mass is 10.0. The molecule has 0 N–H and O–H groups in total. The first-order chi connectivity index (χ1) is 9.72. The molecular weight excluding hydrogens is 319 g/mol. The molecule has 100 valence electrons. The third-order valence-electron chi connectivity index (χ3n) is 3.18. The van der Waals surface area contributed by atoms with Crippen molar-refractivity contribution in [3.63, 3.8) is 0 Å². The highest BCUT2D eigenvalue weighted by Crippen LogP contribution is 2.25. The second-order valence-corrected chi connectivity index (χ2v) is 5.51. The molecule has 0 saturated heterocycles. The van der Waals surface area contributed by atoms with Gasteiger partial charge in [-0.05, 0) is 70.7 Å². The summed E-state index contributed by atoms with van der Waals surface area (Å²) in [6, 6.07) is 10.8. The maximum Gasteiger partial charge on any atom is 0.137 e. The molecule has 0 amide bonds. The van der Waals surface area contributed by atoms with E-state index in [1.54, 1.807) is 12.1 Å². The van der Waals surface area contributed by atoms with Crippen LogP contribution in [0.15, 0.2) is 40.9 Å². The fourth-order valence-electron chi connectivity index (χ4n) is 2.16. The van der Waals surface area contributed by atoms with Crippen LogP contribution in [-0.4, -0.2) is 6.61 Å². The zero-order valence-electron chi connectivity index (χ0n) is 10.7. The second-order valence-electron chi connectivity index (χ2n) is 4.65. The van der Waals surface area contributed by atoms with Crippen LogP contribution in [0.5, 0.6) is 5.75 Å². The SMILES string of the molecule is Fc1ccc(C#Cc2ccc3c(c2)CCCO3)cc1Br. The van der Waals surface area contributed by atoms with E-state index in [1.807, 2.05) is 12.1 Å². The molecule has 1 nitrogen and oxygen atoms in total. The lowest BCUT2D eigenvalue weighted by Crippen LogP contribution is -2.08. The van der Waals surface area contributed by atoms with E-state index < -0.39 is 0 Å². The number of benzene rings is 2. The summed E-state index contributed by atoms with van der Waals surface area (Å²) in [6.45, 7) is 0.793. The summed E-state index contributed by atoms with van der Waals surface area (Å²) in [5, 5.41) is 0. The van der Waals surface area contributed by atoms with Gasteiger partial charge in [-0.15, -0.1) is 0 Å². The summed E-state index contributed by atoms with van der Waals surface area (Å²) in [4.78, 5) is 0. The minimum atomic E-state index is -0.276. The van der Waals surface area contributed by atoms with Crippen molar-refractivity contribution in [1.82, 2.24) is 0 Å². The number of aryl methyl sites for hydroxylation is 1. The minimum Gasteiger partial charge on any atom is -0.493 e. The maximum atomic E-state index is 13.1. The smallest absolute Gasteiger partial charge is 0.137 e. The Morgan fingerprint density at radius 2 is 1.80 bits per heavy atom. The Labute approximate surface area is 125 Å². The van der Waals surface area contributed by atoms with E-state index >= 15 is 0 Å². The summed E-state index contributed by atoms with van der Waals surface area (Å²) in [5.74, 6) is 6.84. The van der Waals surface area contributed by atoms with Crippen molar-refractivity contribution in [2.75, 3.05) is 6.61 Å². The van der Waals surface area contributed by atoms with Gasteiger partial charge in [0, 0.05) is 11.1 Å². The van der Waals surface area contributed by atoms with Crippen LogP contribution in [0.3, 0.4) is 0 Å². The van der Waals surface area contributed by atoms with Crippen LogP contribution in [-0.2, 0) is 6.42 Å². The Bertz CT molecular complexity index is 713.